The minimum atomic E-state index is -0.305. The van der Waals surface area contributed by atoms with Gasteiger partial charge in [-0.3, -0.25) is 4.79 Å². The van der Waals surface area contributed by atoms with Crippen LogP contribution in [0, 0.1) is 5.92 Å². The average Bonchev–Trinajstić information content (AvgIpc) is 2.92. The zero-order valence-electron chi connectivity index (χ0n) is 12.2. The first-order valence-corrected chi connectivity index (χ1v) is 7.97. The Bertz CT molecular complexity index is 627. The van der Waals surface area contributed by atoms with E-state index in [4.69, 9.17) is 11.6 Å². The van der Waals surface area contributed by atoms with Gasteiger partial charge in [0, 0.05) is 23.0 Å². The molecule has 0 fully saturated rings. The van der Waals surface area contributed by atoms with E-state index in [1.807, 2.05) is 43.5 Å². The number of thiazole rings is 1. The van der Waals surface area contributed by atoms with Crippen molar-refractivity contribution in [3.8, 4) is 11.3 Å². The monoisotopic (exact) mass is 323 g/mol. The number of hydrogen-bond donors (Lipinski definition) is 2. The normalized spacial score (nSPS) is 12.2. The second-order valence-electron chi connectivity index (χ2n) is 5.00. The molecular formula is C15H18ClN3OS. The van der Waals surface area contributed by atoms with Crippen LogP contribution in [-0.4, -0.2) is 24.0 Å². The second kappa shape index (κ2) is 6.91. The number of carbonyl (C=O) groups is 1. The lowest BCUT2D eigenvalue weighted by Gasteiger charge is -2.19. The number of nitrogens with zero attached hydrogens (tertiary/aromatic N) is 1. The lowest BCUT2D eigenvalue weighted by molar-refractivity contribution is -0.122. The van der Waals surface area contributed by atoms with Crippen LogP contribution in [0.1, 0.15) is 13.8 Å². The molecule has 1 atom stereocenters. The first-order chi connectivity index (χ1) is 10.0. The zero-order chi connectivity index (χ0) is 15.4. The minimum absolute atomic E-state index is 0.0421. The summed E-state index contributed by atoms with van der Waals surface area (Å²) >= 11 is 7.64. The number of halogens is 1. The van der Waals surface area contributed by atoms with Gasteiger partial charge in [0.15, 0.2) is 5.13 Å². The van der Waals surface area contributed by atoms with Crippen LogP contribution in [0.25, 0.3) is 11.3 Å². The first-order valence-electron chi connectivity index (χ1n) is 6.71. The Hall–Kier alpha value is -1.59. The van der Waals surface area contributed by atoms with Crippen LogP contribution >= 0.6 is 22.9 Å². The molecule has 0 aliphatic carbocycles. The SMILES string of the molecule is CNC(=O)C(Nc1nc(-c2ccccc2Cl)cs1)C(C)C. The number of carbonyl (C=O) groups excluding carboxylic acids is 1. The third-order valence-corrected chi connectivity index (χ3v) is 4.23. The number of nitrogens with one attached hydrogen (secondary N) is 2. The van der Waals surface area contributed by atoms with Crippen molar-refractivity contribution >= 4 is 34.0 Å². The van der Waals surface area contributed by atoms with Gasteiger partial charge < -0.3 is 10.6 Å². The Kier molecular flexibility index (Phi) is 5.20. The summed E-state index contributed by atoms with van der Waals surface area (Å²) in [6.07, 6.45) is 0. The lowest BCUT2D eigenvalue weighted by atomic mass is 10.0. The quantitative estimate of drug-likeness (QED) is 0.883. The van der Waals surface area contributed by atoms with Gasteiger partial charge in [0.25, 0.3) is 0 Å². The Labute approximate surface area is 133 Å². The number of rotatable bonds is 5. The summed E-state index contributed by atoms with van der Waals surface area (Å²) < 4.78 is 0. The predicted molar refractivity (Wildman–Crippen MR) is 88.9 cm³/mol. The maximum atomic E-state index is 11.9. The summed E-state index contributed by atoms with van der Waals surface area (Å²) in [5.41, 5.74) is 1.71. The third-order valence-electron chi connectivity index (χ3n) is 3.13. The van der Waals surface area contributed by atoms with Crippen molar-refractivity contribution in [1.29, 1.82) is 0 Å². The molecule has 2 rings (SSSR count). The van der Waals surface area contributed by atoms with E-state index in [2.05, 4.69) is 15.6 Å². The molecule has 1 aromatic carbocycles. The molecule has 2 aromatic rings. The Morgan fingerprint density at radius 1 is 1.33 bits per heavy atom. The van der Waals surface area contributed by atoms with E-state index in [9.17, 15) is 4.79 Å². The molecule has 1 heterocycles. The molecule has 0 radical (unpaired) electrons. The molecule has 0 bridgehead atoms. The number of anilines is 1. The first kappa shape index (κ1) is 15.8. The van der Waals surface area contributed by atoms with Crippen molar-refractivity contribution < 1.29 is 4.79 Å². The van der Waals surface area contributed by atoms with E-state index >= 15 is 0 Å². The molecule has 1 aromatic heterocycles. The van der Waals surface area contributed by atoms with Crippen LogP contribution in [0.5, 0.6) is 0 Å². The Balaban J connectivity index is 2.20. The molecule has 0 saturated carbocycles. The van der Waals surface area contributed by atoms with Crippen LogP contribution in [0.4, 0.5) is 5.13 Å². The molecular weight excluding hydrogens is 306 g/mol. The number of amides is 1. The summed E-state index contributed by atoms with van der Waals surface area (Å²) in [5.74, 6) is 0.122. The van der Waals surface area contributed by atoms with Crippen LogP contribution in [0.3, 0.4) is 0 Å². The zero-order valence-corrected chi connectivity index (χ0v) is 13.8. The molecule has 0 aliphatic heterocycles. The number of aromatic nitrogens is 1. The van der Waals surface area contributed by atoms with Crippen molar-refractivity contribution in [2.75, 3.05) is 12.4 Å². The smallest absolute Gasteiger partial charge is 0.242 e. The van der Waals surface area contributed by atoms with Crippen molar-refractivity contribution in [2.45, 2.75) is 19.9 Å². The van der Waals surface area contributed by atoms with Crippen LogP contribution in [0.2, 0.25) is 5.02 Å². The van der Waals surface area contributed by atoms with E-state index in [1.165, 1.54) is 11.3 Å². The Morgan fingerprint density at radius 3 is 2.67 bits per heavy atom. The molecule has 21 heavy (non-hydrogen) atoms. The van der Waals surface area contributed by atoms with Gasteiger partial charge in [0.2, 0.25) is 5.91 Å². The minimum Gasteiger partial charge on any atom is -0.357 e. The molecule has 2 N–H and O–H groups in total. The van der Waals surface area contributed by atoms with Crippen LogP contribution in [-0.2, 0) is 4.79 Å². The predicted octanol–water partition coefficient (Wildman–Crippen LogP) is 3.65. The molecule has 0 aliphatic rings. The topological polar surface area (TPSA) is 54.0 Å². The Morgan fingerprint density at radius 2 is 2.05 bits per heavy atom. The molecule has 1 amide bonds. The number of hydrogen-bond acceptors (Lipinski definition) is 4. The highest BCUT2D eigenvalue weighted by atomic mass is 35.5. The standard InChI is InChI=1S/C15H18ClN3OS/c1-9(2)13(14(20)17-3)19-15-18-12(8-21-15)10-6-4-5-7-11(10)16/h4-9,13H,1-3H3,(H,17,20)(H,18,19). The maximum absolute atomic E-state index is 11.9. The highest BCUT2D eigenvalue weighted by Gasteiger charge is 2.22. The molecule has 0 spiro atoms. The van der Waals surface area contributed by atoms with Gasteiger partial charge in [-0.25, -0.2) is 4.98 Å². The largest absolute Gasteiger partial charge is 0.357 e. The van der Waals surface area contributed by atoms with Gasteiger partial charge in [-0.2, -0.15) is 0 Å². The van der Waals surface area contributed by atoms with Crippen LogP contribution in [0.15, 0.2) is 29.6 Å². The summed E-state index contributed by atoms with van der Waals surface area (Å²) in [5, 5.41) is 9.18. The van der Waals surface area contributed by atoms with E-state index in [0.717, 1.165) is 11.3 Å². The summed E-state index contributed by atoms with van der Waals surface area (Å²) in [4.78, 5) is 16.4. The molecule has 1 unspecified atom stereocenters. The maximum Gasteiger partial charge on any atom is 0.242 e. The third kappa shape index (κ3) is 3.74. The van der Waals surface area contributed by atoms with Gasteiger partial charge >= 0.3 is 0 Å². The highest BCUT2D eigenvalue weighted by Crippen LogP contribution is 2.30. The molecule has 112 valence electrons. The van der Waals surface area contributed by atoms with Crippen molar-refractivity contribution in [3.05, 3.63) is 34.7 Å². The lowest BCUT2D eigenvalue weighted by Crippen LogP contribution is -2.41. The number of likely N-dealkylation sites (N-methyl/N-ethyl adjacent to an activating group) is 1. The summed E-state index contributed by atoms with van der Waals surface area (Å²) in [7, 11) is 1.64. The fourth-order valence-electron chi connectivity index (χ4n) is 1.96. The summed E-state index contributed by atoms with van der Waals surface area (Å²) in [6.45, 7) is 3.99. The van der Waals surface area contributed by atoms with Crippen molar-refractivity contribution in [1.82, 2.24) is 10.3 Å². The molecule has 0 saturated heterocycles. The average molecular weight is 324 g/mol. The fourth-order valence-corrected chi connectivity index (χ4v) is 2.94. The van der Waals surface area contributed by atoms with E-state index in [0.29, 0.717) is 10.2 Å². The fraction of sp³-hybridized carbons (Fsp3) is 0.333. The van der Waals surface area contributed by atoms with E-state index in [1.54, 1.807) is 7.05 Å². The summed E-state index contributed by atoms with van der Waals surface area (Å²) in [6, 6.07) is 7.28. The van der Waals surface area contributed by atoms with E-state index in [-0.39, 0.29) is 17.9 Å². The highest BCUT2D eigenvalue weighted by molar-refractivity contribution is 7.14. The van der Waals surface area contributed by atoms with Crippen molar-refractivity contribution in [2.24, 2.45) is 5.92 Å². The van der Waals surface area contributed by atoms with Gasteiger partial charge in [0.1, 0.15) is 6.04 Å². The van der Waals surface area contributed by atoms with Gasteiger partial charge in [0.05, 0.1) is 5.69 Å². The van der Waals surface area contributed by atoms with Gasteiger partial charge in [-0.1, -0.05) is 43.6 Å². The molecule has 4 nitrogen and oxygen atoms in total. The van der Waals surface area contributed by atoms with Gasteiger partial charge in [-0.05, 0) is 12.0 Å². The number of benzene rings is 1. The van der Waals surface area contributed by atoms with Gasteiger partial charge in [-0.15, -0.1) is 11.3 Å². The van der Waals surface area contributed by atoms with E-state index < -0.39 is 0 Å². The molecule has 6 heteroatoms. The second-order valence-corrected chi connectivity index (χ2v) is 6.26. The van der Waals surface area contributed by atoms with Crippen LogP contribution < -0.4 is 10.6 Å². The van der Waals surface area contributed by atoms with Crippen molar-refractivity contribution in [3.63, 3.8) is 0 Å².